The molecule has 0 saturated heterocycles. The summed E-state index contributed by atoms with van der Waals surface area (Å²) in [6.07, 6.45) is 1.55. The van der Waals surface area contributed by atoms with Crippen LogP contribution in [0.4, 0.5) is 0 Å². The second-order valence-electron chi connectivity index (χ2n) is 4.86. The summed E-state index contributed by atoms with van der Waals surface area (Å²) in [5.74, 6) is -0.346. The molecule has 0 atom stereocenters. The van der Waals surface area contributed by atoms with Crippen LogP contribution in [0.5, 0.6) is 0 Å². The number of halogens is 1. The van der Waals surface area contributed by atoms with E-state index in [-0.39, 0.29) is 5.91 Å². The van der Waals surface area contributed by atoms with Crippen LogP contribution < -0.4 is 5.43 Å². The van der Waals surface area contributed by atoms with Gasteiger partial charge in [0.25, 0.3) is 5.91 Å². The average Bonchev–Trinajstić information content (AvgIpc) is 3.03. The van der Waals surface area contributed by atoms with Crippen molar-refractivity contribution < 1.29 is 4.79 Å². The van der Waals surface area contributed by atoms with Gasteiger partial charge in [-0.05, 0) is 6.07 Å². The molecule has 114 valence electrons. The molecule has 3 aromatic rings. The van der Waals surface area contributed by atoms with E-state index >= 15 is 0 Å². The molecule has 0 aliphatic carbocycles. The third-order valence-electron chi connectivity index (χ3n) is 3.26. The molecule has 4 nitrogen and oxygen atoms in total. The van der Waals surface area contributed by atoms with Gasteiger partial charge in [0.2, 0.25) is 0 Å². The monoisotopic (exact) mass is 323 g/mol. The topological polar surface area (TPSA) is 57.2 Å². The summed E-state index contributed by atoms with van der Waals surface area (Å²) in [4.78, 5) is 14.9. The van der Waals surface area contributed by atoms with Gasteiger partial charge in [0.1, 0.15) is 5.69 Å². The molecule has 2 N–H and O–H groups in total. The Hall–Kier alpha value is -2.85. The fraction of sp³-hybridized carbons (Fsp3) is 0. The lowest BCUT2D eigenvalue weighted by molar-refractivity contribution is 0.0950. The number of carbonyl (C=O) groups is 1. The van der Waals surface area contributed by atoms with E-state index in [9.17, 15) is 4.79 Å². The van der Waals surface area contributed by atoms with Crippen molar-refractivity contribution in [2.75, 3.05) is 0 Å². The van der Waals surface area contributed by atoms with Crippen molar-refractivity contribution in [3.05, 3.63) is 94.8 Å². The first-order valence-electron chi connectivity index (χ1n) is 7.07. The molecule has 0 aliphatic rings. The highest BCUT2D eigenvalue weighted by molar-refractivity contribution is 6.31. The molecule has 0 saturated carbocycles. The van der Waals surface area contributed by atoms with Crippen LogP contribution in [0.15, 0.2) is 78.0 Å². The number of amides is 1. The first kappa shape index (κ1) is 15.1. The van der Waals surface area contributed by atoms with Crippen LogP contribution in [-0.2, 0) is 0 Å². The number of hydrogen-bond donors (Lipinski definition) is 2. The Morgan fingerprint density at radius 1 is 0.957 bits per heavy atom. The van der Waals surface area contributed by atoms with Gasteiger partial charge in [-0.15, -0.1) is 0 Å². The maximum Gasteiger partial charge on any atom is 0.287 e. The number of rotatable bonds is 4. The van der Waals surface area contributed by atoms with Crippen LogP contribution in [0.3, 0.4) is 0 Å². The molecule has 1 amide bonds. The standard InChI is InChI=1S/C18H14ClN3O/c19-15-11-16(20-12-15)18(23)22-21-17(13-7-3-1-4-8-13)14-9-5-2-6-10-14/h1-12,20H,(H,22,23). The summed E-state index contributed by atoms with van der Waals surface area (Å²) in [7, 11) is 0. The number of hydrazone groups is 1. The van der Waals surface area contributed by atoms with E-state index in [2.05, 4.69) is 15.5 Å². The smallest absolute Gasteiger partial charge is 0.287 e. The number of hydrogen-bond acceptors (Lipinski definition) is 2. The molecule has 3 rings (SSSR count). The van der Waals surface area contributed by atoms with Crippen LogP contribution in [-0.4, -0.2) is 16.6 Å². The lowest BCUT2D eigenvalue weighted by Crippen LogP contribution is -2.20. The van der Waals surface area contributed by atoms with Crippen molar-refractivity contribution in [2.24, 2.45) is 5.10 Å². The molecule has 1 aromatic heterocycles. The molecule has 0 bridgehead atoms. The number of nitrogens with zero attached hydrogens (tertiary/aromatic N) is 1. The number of nitrogens with one attached hydrogen (secondary N) is 2. The van der Waals surface area contributed by atoms with Gasteiger partial charge in [-0.1, -0.05) is 72.3 Å². The van der Waals surface area contributed by atoms with Crippen molar-refractivity contribution >= 4 is 23.2 Å². The molecule has 0 fully saturated rings. The molecule has 0 spiro atoms. The zero-order valence-electron chi connectivity index (χ0n) is 12.2. The van der Waals surface area contributed by atoms with Crippen LogP contribution >= 0.6 is 11.6 Å². The maximum atomic E-state index is 12.1. The van der Waals surface area contributed by atoms with Gasteiger partial charge in [0.05, 0.1) is 10.7 Å². The summed E-state index contributed by atoms with van der Waals surface area (Å²) in [6, 6.07) is 20.9. The minimum absolute atomic E-state index is 0.346. The Labute approximate surface area is 138 Å². The average molecular weight is 324 g/mol. The van der Waals surface area contributed by atoms with E-state index in [0.717, 1.165) is 11.1 Å². The number of H-pyrrole nitrogens is 1. The van der Waals surface area contributed by atoms with Crippen LogP contribution in [0.2, 0.25) is 5.02 Å². The Kier molecular flexibility index (Phi) is 4.54. The zero-order chi connectivity index (χ0) is 16.1. The molecule has 2 aromatic carbocycles. The lowest BCUT2D eigenvalue weighted by atomic mass is 10.0. The van der Waals surface area contributed by atoms with Gasteiger partial charge < -0.3 is 4.98 Å². The van der Waals surface area contributed by atoms with E-state index in [1.165, 1.54) is 0 Å². The van der Waals surface area contributed by atoms with E-state index in [1.54, 1.807) is 12.3 Å². The van der Waals surface area contributed by atoms with Crippen molar-refractivity contribution in [1.82, 2.24) is 10.4 Å². The normalized spacial score (nSPS) is 10.1. The van der Waals surface area contributed by atoms with Gasteiger partial charge in [-0.25, -0.2) is 5.43 Å². The Bertz CT molecular complexity index is 784. The molecular weight excluding hydrogens is 310 g/mol. The van der Waals surface area contributed by atoms with Gasteiger partial charge >= 0.3 is 0 Å². The van der Waals surface area contributed by atoms with Gasteiger partial charge in [0, 0.05) is 17.3 Å². The first-order chi connectivity index (χ1) is 11.2. The summed E-state index contributed by atoms with van der Waals surface area (Å²) in [5, 5.41) is 4.78. The fourth-order valence-electron chi connectivity index (χ4n) is 2.15. The third kappa shape index (κ3) is 3.67. The van der Waals surface area contributed by atoms with Crippen molar-refractivity contribution in [3.63, 3.8) is 0 Å². The van der Waals surface area contributed by atoms with E-state index < -0.39 is 0 Å². The molecule has 1 heterocycles. The second-order valence-corrected chi connectivity index (χ2v) is 5.30. The van der Waals surface area contributed by atoms with Crippen LogP contribution in [0.25, 0.3) is 0 Å². The summed E-state index contributed by atoms with van der Waals surface area (Å²) < 4.78 is 0. The van der Waals surface area contributed by atoms with Gasteiger partial charge in [0.15, 0.2) is 0 Å². The highest BCUT2D eigenvalue weighted by Crippen LogP contribution is 2.11. The predicted molar refractivity (Wildman–Crippen MR) is 91.8 cm³/mol. The molecule has 0 aliphatic heterocycles. The Morgan fingerprint density at radius 3 is 2.00 bits per heavy atom. The number of benzene rings is 2. The first-order valence-corrected chi connectivity index (χ1v) is 7.44. The Morgan fingerprint density at radius 2 is 1.52 bits per heavy atom. The minimum atomic E-state index is -0.346. The second kappa shape index (κ2) is 6.94. The van der Waals surface area contributed by atoms with E-state index in [0.29, 0.717) is 16.4 Å². The zero-order valence-corrected chi connectivity index (χ0v) is 12.9. The predicted octanol–water partition coefficient (Wildman–Crippen LogP) is 3.85. The SMILES string of the molecule is O=C(NN=C(c1ccccc1)c1ccccc1)c1cc(Cl)c[nH]1. The maximum absolute atomic E-state index is 12.1. The molecule has 0 unspecified atom stereocenters. The highest BCUT2D eigenvalue weighted by Gasteiger charge is 2.10. The quantitative estimate of drug-likeness (QED) is 0.556. The number of aromatic nitrogens is 1. The van der Waals surface area contributed by atoms with Gasteiger partial charge in [-0.2, -0.15) is 5.10 Å². The minimum Gasteiger partial charge on any atom is -0.356 e. The summed E-state index contributed by atoms with van der Waals surface area (Å²) in [5.41, 5.74) is 5.46. The number of carbonyl (C=O) groups excluding carboxylic acids is 1. The summed E-state index contributed by atoms with van der Waals surface area (Å²) in [6.45, 7) is 0. The molecule has 5 heteroatoms. The molecular formula is C18H14ClN3O. The Balaban J connectivity index is 1.91. The lowest BCUT2D eigenvalue weighted by Gasteiger charge is -2.07. The summed E-state index contributed by atoms with van der Waals surface area (Å²) >= 11 is 5.81. The van der Waals surface area contributed by atoms with Crippen LogP contribution in [0.1, 0.15) is 21.6 Å². The highest BCUT2D eigenvalue weighted by atomic mass is 35.5. The molecule has 23 heavy (non-hydrogen) atoms. The third-order valence-corrected chi connectivity index (χ3v) is 3.47. The van der Waals surface area contributed by atoms with Crippen molar-refractivity contribution in [1.29, 1.82) is 0 Å². The largest absolute Gasteiger partial charge is 0.356 e. The number of aromatic amines is 1. The molecule has 0 radical (unpaired) electrons. The van der Waals surface area contributed by atoms with Crippen LogP contribution in [0, 0.1) is 0 Å². The van der Waals surface area contributed by atoms with Crippen molar-refractivity contribution in [2.45, 2.75) is 0 Å². The van der Waals surface area contributed by atoms with E-state index in [1.807, 2.05) is 60.7 Å². The van der Waals surface area contributed by atoms with E-state index in [4.69, 9.17) is 11.6 Å². The van der Waals surface area contributed by atoms with Crippen molar-refractivity contribution in [3.8, 4) is 0 Å². The fourth-order valence-corrected chi connectivity index (χ4v) is 2.32. The van der Waals surface area contributed by atoms with Gasteiger partial charge in [-0.3, -0.25) is 4.79 Å².